The van der Waals surface area contributed by atoms with Crippen molar-refractivity contribution in [3.63, 3.8) is 0 Å². The van der Waals surface area contributed by atoms with Gasteiger partial charge in [0.1, 0.15) is 18.2 Å². The number of hydrogen-bond acceptors (Lipinski definition) is 3. The van der Waals surface area contributed by atoms with E-state index in [1.165, 1.54) is 18.2 Å². The van der Waals surface area contributed by atoms with Gasteiger partial charge in [0.05, 0.1) is 21.9 Å². The zero-order valence-electron chi connectivity index (χ0n) is 12.2. The van der Waals surface area contributed by atoms with Gasteiger partial charge in [0.25, 0.3) is 0 Å². The summed E-state index contributed by atoms with van der Waals surface area (Å²) in [5, 5.41) is 0. The minimum atomic E-state index is -3.26. The molecular weight excluding hydrogens is 315 g/mol. The minimum Gasteiger partial charge on any atom is -0.491 e. The van der Waals surface area contributed by atoms with Gasteiger partial charge in [-0.25, -0.2) is 12.8 Å². The Bertz CT molecular complexity index is 652. The summed E-state index contributed by atoms with van der Waals surface area (Å²) in [4.78, 5) is 0. The molecule has 0 aliphatic rings. The van der Waals surface area contributed by atoms with E-state index >= 15 is 0 Å². The molecule has 1 rings (SSSR count). The molecule has 0 spiro atoms. The van der Waals surface area contributed by atoms with Gasteiger partial charge in [0.2, 0.25) is 0 Å². The first-order chi connectivity index (χ1) is 9.67. The lowest BCUT2D eigenvalue weighted by Crippen LogP contribution is -2.32. The van der Waals surface area contributed by atoms with Crippen LogP contribution in [0.5, 0.6) is 5.75 Å². The molecule has 0 saturated carbocycles. The highest BCUT2D eigenvalue weighted by Gasteiger charge is 2.28. The molecule has 6 heteroatoms. The second-order valence-electron chi connectivity index (χ2n) is 5.36. The molecule has 116 valence electrons. The largest absolute Gasteiger partial charge is 0.491 e. The van der Waals surface area contributed by atoms with Crippen LogP contribution in [0.4, 0.5) is 4.39 Å². The first kappa shape index (κ1) is 17.8. The highest BCUT2D eigenvalue weighted by atomic mass is 35.5. The molecule has 0 aromatic heterocycles. The molecule has 0 amide bonds. The molecule has 0 bridgehead atoms. The fourth-order valence-corrected chi connectivity index (χ4v) is 2.40. The number of rotatable bonds is 4. The van der Waals surface area contributed by atoms with Gasteiger partial charge >= 0.3 is 0 Å². The molecule has 1 aromatic carbocycles. The second-order valence-corrected chi connectivity index (χ2v) is 8.49. The van der Waals surface area contributed by atoms with E-state index in [0.717, 1.165) is 0 Å². The van der Waals surface area contributed by atoms with Crippen LogP contribution >= 0.6 is 11.6 Å². The van der Waals surface area contributed by atoms with Crippen molar-refractivity contribution in [1.82, 2.24) is 0 Å². The van der Waals surface area contributed by atoms with Crippen LogP contribution in [-0.4, -0.2) is 31.4 Å². The van der Waals surface area contributed by atoms with Gasteiger partial charge in [-0.05, 0) is 39.0 Å². The lowest BCUT2D eigenvalue weighted by atomic mass is 10.2. The van der Waals surface area contributed by atoms with Crippen molar-refractivity contribution in [2.75, 3.05) is 18.2 Å². The highest BCUT2D eigenvalue weighted by Crippen LogP contribution is 2.20. The van der Waals surface area contributed by atoms with Gasteiger partial charge in [-0.2, -0.15) is 0 Å². The molecule has 0 saturated heterocycles. The first-order valence-electron chi connectivity index (χ1n) is 6.37. The van der Waals surface area contributed by atoms with Crippen LogP contribution in [0.15, 0.2) is 18.2 Å². The maximum absolute atomic E-state index is 13.2. The Balaban J connectivity index is 2.81. The van der Waals surface area contributed by atoms with Gasteiger partial charge in [-0.1, -0.05) is 11.8 Å². The van der Waals surface area contributed by atoms with E-state index in [4.69, 9.17) is 16.3 Å². The maximum atomic E-state index is 13.2. The van der Waals surface area contributed by atoms with E-state index in [9.17, 15) is 12.8 Å². The zero-order valence-corrected chi connectivity index (χ0v) is 13.8. The third kappa shape index (κ3) is 5.22. The van der Waals surface area contributed by atoms with E-state index in [-0.39, 0.29) is 18.2 Å². The standard InChI is InChI=1S/C15H18ClFO3S/c1-15(2,3)21(18,19)10-9-20-14-7-6-13(17)11-12(14)5-4-8-16/h6-7,11H,8-10H2,1-3H3. The predicted molar refractivity (Wildman–Crippen MR) is 83.0 cm³/mol. The zero-order chi connectivity index (χ0) is 16.1. The topological polar surface area (TPSA) is 43.4 Å². The summed E-state index contributed by atoms with van der Waals surface area (Å²) in [7, 11) is -3.26. The van der Waals surface area contributed by atoms with Gasteiger partial charge in [-0.3, -0.25) is 0 Å². The van der Waals surface area contributed by atoms with Crippen molar-refractivity contribution in [3.05, 3.63) is 29.6 Å². The van der Waals surface area contributed by atoms with Crippen LogP contribution in [0.2, 0.25) is 0 Å². The molecule has 3 nitrogen and oxygen atoms in total. The van der Waals surface area contributed by atoms with E-state index in [1.54, 1.807) is 20.8 Å². The quantitative estimate of drug-likeness (QED) is 0.629. The van der Waals surface area contributed by atoms with Crippen LogP contribution < -0.4 is 4.74 Å². The van der Waals surface area contributed by atoms with Crippen LogP contribution in [0.25, 0.3) is 0 Å². The molecule has 0 atom stereocenters. The second kappa shape index (κ2) is 7.15. The molecule has 0 N–H and O–H groups in total. The Morgan fingerprint density at radius 1 is 1.33 bits per heavy atom. The Morgan fingerprint density at radius 3 is 2.57 bits per heavy atom. The number of ether oxygens (including phenoxy) is 1. The summed E-state index contributed by atoms with van der Waals surface area (Å²) in [6, 6.07) is 3.89. The van der Waals surface area contributed by atoms with Gasteiger partial charge in [-0.15, -0.1) is 11.6 Å². The van der Waals surface area contributed by atoms with Crippen molar-refractivity contribution < 1.29 is 17.5 Å². The maximum Gasteiger partial charge on any atom is 0.158 e. The monoisotopic (exact) mass is 332 g/mol. The Morgan fingerprint density at radius 2 is 2.00 bits per heavy atom. The smallest absolute Gasteiger partial charge is 0.158 e. The molecule has 21 heavy (non-hydrogen) atoms. The Hall–Kier alpha value is -1.25. The number of sulfone groups is 1. The number of alkyl halides is 1. The lowest BCUT2D eigenvalue weighted by molar-refractivity contribution is 0.338. The molecule has 0 heterocycles. The van der Waals surface area contributed by atoms with Crippen LogP contribution in [0, 0.1) is 17.7 Å². The average molecular weight is 333 g/mol. The third-order valence-corrected chi connectivity index (χ3v) is 5.48. The summed E-state index contributed by atoms with van der Waals surface area (Å²) in [6.45, 7) is 4.90. The van der Waals surface area contributed by atoms with Crippen molar-refractivity contribution in [2.24, 2.45) is 0 Å². The van der Waals surface area contributed by atoms with Crippen molar-refractivity contribution in [3.8, 4) is 17.6 Å². The Kier molecular flexibility index (Phi) is 6.06. The third-order valence-electron chi connectivity index (χ3n) is 2.77. The summed E-state index contributed by atoms with van der Waals surface area (Å²) in [5.74, 6) is 5.21. The average Bonchev–Trinajstić information content (AvgIpc) is 2.37. The molecule has 1 aromatic rings. The van der Waals surface area contributed by atoms with Crippen LogP contribution in [0.3, 0.4) is 0 Å². The fraction of sp³-hybridized carbons (Fsp3) is 0.467. The number of benzene rings is 1. The van der Waals surface area contributed by atoms with Crippen LogP contribution in [-0.2, 0) is 9.84 Å². The summed E-state index contributed by atoms with van der Waals surface area (Å²) < 4.78 is 41.7. The molecular formula is C15H18ClFO3S. The first-order valence-corrected chi connectivity index (χ1v) is 8.55. The molecule has 0 aliphatic carbocycles. The Labute approximate surface area is 130 Å². The molecule has 0 unspecified atom stereocenters. The van der Waals surface area contributed by atoms with Crippen molar-refractivity contribution >= 4 is 21.4 Å². The van der Waals surface area contributed by atoms with E-state index in [2.05, 4.69) is 11.8 Å². The molecule has 0 radical (unpaired) electrons. The van der Waals surface area contributed by atoms with Crippen LogP contribution in [0.1, 0.15) is 26.3 Å². The van der Waals surface area contributed by atoms with E-state index in [0.29, 0.717) is 11.3 Å². The van der Waals surface area contributed by atoms with E-state index < -0.39 is 20.4 Å². The fourth-order valence-electron chi connectivity index (χ4n) is 1.42. The summed E-state index contributed by atoms with van der Waals surface area (Å²) >= 11 is 5.47. The summed E-state index contributed by atoms with van der Waals surface area (Å²) in [5.41, 5.74) is 0.351. The normalized spacial score (nSPS) is 11.7. The van der Waals surface area contributed by atoms with E-state index in [1.807, 2.05) is 0 Å². The SMILES string of the molecule is CC(C)(C)S(=O)(=O)CCOc1ccc(F)cc1C#CCCl. The predicted octanol–water partition coefficient (Wildman–Crippen LogP) is 3.01. The number of hydrogen-bond donors (Lipinski definition) is 0. The lowest BCUT2D eigenvalue weighted by Gasteiger charge is -2.19. The van der Waals surface area contributed by atoms with Gasteiger partial charge < -0.3 is 4.74 Å². The number of halogens is 2. The van der Waals surface area contributed by atoms with Gasteiger partial charge in [0.15, 0.2) is 9.84 Å². The highest BCUT2D eigenvalue weighted by molar-refractivity contribution is 7.92. The van der Waals surface area contributed by atoms with Gasteiger partial charge in [0, 0.05) is 0 Å². The molecule has 0 aliphatic heterocycles. The minimum absolute atomic E-state index is 0.0131. The molecule has 0 fully saturated rings. The summed E-state index contributed by atoms with van der Waals surface area (Å²) in [6.07, 6.45) is 0. The van der Waals surface area contributed by atoms with Crippen molar-refractivity contribution in [1.29, 1.82) is 0 Å². The van der Waals surface area contributed by atoms with Crippen molar-refractivity contribution in [2.45, 2.75) is 25.5 Å².